The van der Waals surface area contributed by atoms with Gasteiger partial charge in [0.1, 0.15) is 11.5 Å². The summed E-state index contributed by atoms with van der Waals surface area (Å²) in [6, 6.07) is 9.22. The second-order valence-corrected chi connectivity index (χ2v) is 7.12. The van der Waals surface area contributed by atoms with Crippen molar-refractivity contribution in [3.63, 3.8) is 0 Å². The number of hydrogen-bond acceptors (Lipinski definition) is 5. The summed E-state index contributed by atoms with van der Waals surface area (Å²) in [7, 11) is 0. The average Bonchev–Trinajstić information content (AvgIpc) is 3.09. The van der Waals surface area contributed by atoms with Gasteiger partial charge in [-0.05, 0) is 12.1 Å². The van der Waals surface area contributed by atoms with Gasteiger partial charge in [-0.2, -0.15) is 0 Å². The lowest BCUT2D eigenvalue weighted by Gasteiger charge is -2.08. The number of fused-ring (bicyclic) bond motifs is 3. The molecule has 1 amide bonds. The molecule has 3 aromatic rings. The summed E-state index contributed by atoms with van der Waals surface area (Å²) >= 11 is 13.9. The number of carbonyl (C=O) groups excluding carboxylic acids is 1. The van der Waals surface area contributed by atoms with E-state index in [1.807, 2.05) is 18.2 Å². The number of benzene rings is 1. The highest BCUT2D eigenvalue weighted by atomic mass is 35.5. The Hall–Kier alpha value is -2.22. The van der Waals surface area contributed by atoms with Gasteiger partial charge in [-0.3, -0.25) is 14.4 Å². The molecule has 0 fully saturated rings. The molecule has 0 saturated heterocycles. The van der Waals surface area contributed by atoms with Crippen LogP contribution < -0.4 is 5.73 Å². The molecule has 0 radical (unpaired) electrons. The summed E-state index contributed by atoms with van der Waals surface area (Å²) in [6.07, 6.45) is 0. The number of nitrogens with two attached hydrogens (primary N) is 1. The minimum absolute atomic E-state index is 0.0559. The molecule has 1 aromatic carbocycles. The molecule has 3 heterocycles. The molecular weight excluding hydrogens is 369 g/mol. The number of nitrogens with zero attached hydrogens (tertiary/aromatic N) is 4. The Morgan fingerprint density at radius 2 is 2.00 bits per heavy atom. The highest BCUT2D eigenvalue weighted by molar-refractivity contribution is 7.19. The van der Waals surface area contributed by atoms with E-state index in [9.17, 15) is 4.79 Å². The summed E-state index contributed by atoms with van der Waals surface area (Å²) in [4.78, 5) is 16.3. The molecular formula is C15H9Cl2N5OS. The van der Waals surface area contributed by atoms with Crippen molar-refractivity contribution in [1.29, 1.82) is 0 Å². The van der Waals surface area contributed by atoms with E-state index in [0.29, 0.717) is 25.9 Å². The van der Waals surface area contributed by atoms with Gasteiger partial charge in [-0.15, -0.1) is 21.5 Å². The van der Waals surface area contributed by atoms with Crippen LogP contribution in [0.5, 0.6) is 0 Å². The van der Waals surface area contributed by atoms with Crippen LogP contribution in [0.4, 0.5) is 0 Å². The van der Waals surface area contributed by atoms with E-state index in [1.54, 1.807) is 16.7 Å². The van der Waals surface area contributed by atoms with E-state index in [4.69, 9.17) is 28.9 Å². The van der Waals surface area contributed by atoms with Crippen molar-refractivity contribution in [2.75, 3.05) is 0 Å². The third-order valence-electron chi connectivity index (χ3n) is 3.60. The first kappa shape index (κ1) is 15.3. The van der Waals surface area contributed by atoms with Crippen molar-refractivity contribution in [2.24, 2.45) is 10.7 Å². The Kier molecular flexibility index (Phi) is 3.64. The van der Waals surface area contributed by atoms with Gasteiger partial charge in [0.25, 0.3) is 5.91 Å². The molecule has 4 rings (SSSR count). The number of amides is 1. The lowest BCUT2D eigenvalue weighted by Crippen LogP contribution is -2.18. The number of thiophene rings is 1. The van der Waals surface area contributed by atoms with Crippen LogP contribution in [-0.4, -0.2) is 26.4 Å². The normalized spacial score (nSPS) is 13.0. The van der Waals surface area contributed by atoms with E-state index in [1.165, 1.54) is 11.3 Å². The third-order valence-corrected chi connectivity index (χ3v) is 5.18. The van der Waals surface area contributed by atoms with Crippen LogP contribution in [0.25, 0.3) is 5.00 Å². The average molecular weight is 378 g/mol. The molecule has 0 saturated carbocycles. The Morgan fingerprint density at radius 3 is 2.75 bits per heavy atom. The van der Waals surface area contributed by atoms with Crippen molar-refractivity contribution in [3.8, 4) is 5.00 Å². The van der Waals surface area contributed by atoms with Gasteiger partial charge in [0.05, 0.1) is 10.0 Å². The molecule has 1 aliphatic rings. The molecule has 0 bridgehead atoms. The summed E-state index contributed by atoms with van der Waals surface area (Å²) in [5.74, 6) is -0.0867. The first-order valence-electron chi connectivity index (χ1n) is 6.90. The van der Waals surface area contributed by atoms with Crippen LogP contribution in [0, 0.1) is 0 Å². The highest BCUT2D eigenvalue weighted by Gasteiger charge is 2.27. The van der Waals surface area contributed by atoms with Crippen LogP contribution in [0.15, 0.2) is 35.3 Å². The predicted molar refractivity (Wildman–Crippen MR) is 93.6 cm³/mol. The first-order chi connectivity index (χ1) is 11.6. The maximum atomic E-state index is 11.7. The molecule has 2 aromatic heterocycles. The molecule has 6 nitrogen and oxygen atoms in total. The van der Waals surface area contributed by atoms with E-state index < -0.39 is 5.91 Å². The van der Waals surface area contributed by atoms with Crippen molar-refractivity contribution in [3.05, 3.63) is 62.5 Å². The van der Waals surface area contributed by atoms with Crippen LogP contribution in [0.2, 0.25) is 9.36 Å². The standard InChI is InChI=1S/C15H9Cl2N5OS/c16-9-4-2-1-3-7(9)12-8-5-10(17)24-15(8)22-11(6-19-12)20-21-14(22)13(18)23/h1-5H,6H2,(H2,18,23). The fourth-order valence-electron chi connectivity index (χ4n) is 2.60. The topological polar surface area (TPSA) is 86.2 Å². The van der Waals surface area contributed by atoms with E-state index in [-0.39, 0.29) is 12.4 Å². The molecule has 9 heteroatoms. The number of halogens is 2. The minimum Gasteiger partial charge on any atom is -0.363 e. The number of hydrogen-bond donors (Lipinski definition) is 1. The number of primary amides is 1. The fourth-order valence-corrected chi connectivity index (χ4v) is 4.06. The minimum atomic E-state index is -0.662. The molecule has 0 spiro atoms. The molecule has 0 unspecified atom stereocenters. The number of carbonyl (C=O) groups is 1. The van der Waals surface area contributed by atoms with Gasteiger partial charge in [-0.25, -0.2) is 0 Å². The fraction of sp³-hybridized carbons (Fsp3) is 0.0667. The maximum absolute atomic E-state index is 11.7. The Labute approximate surface area is 150 Å². The summed E-state index contributed by atoms with van der Waals surface area (Å²) in [5.41, 5.74) is 7.66. The summed E-state index contributed by atoms with van der Waals surface area (Å²) in [5, 5.41) is 9.18. The van der Waals surface area contributed by atoms with Crippen molar-refractivity contribution >= 4 is 46.2 Å². The SMILES string of the molecule is NC(=O)c1nnc2n1-c1sc(Cl)cc1C(c1ccccc1Cl)=NC2. The third kappa shape index (κ3) is 2.32. The van der Waals surface area contributed by atoms with Crippen LogP contribution in [-0.2, 0) is 6.54 Å². The smallest absolute Gasteiger partial charge is 0.287 e. The molecule has 0 atom stereocenters. The summed E-state index contributed by atoms with van der Waals surface area (Å²) < 4.78 is 2.17. The molecule has 1 aliphatic heterocycles. The molecule has 120 valence electrons. The number of rotatable bonds is 2. The van der Waals surface area contributed by atoms with E-state index >= 15 is 0 Å². The van der Waals surface area contributed by atoms with Crippen LogP contribution >= 0.6 is 34.5 Å². The zero-order valence-electron chi connectivity index (χ0n) is 12.0. The van der Waals surface area contributed by atoms with E-state index in [0.717, 1.165) is 11.1 Å². The summed E-state index contributed by atoms with van der Waals surface area (Å²) in [6.45, 7) is 0.250. The second-order valence-electron chi connectivity index (χ2n) is 5.05. The molecule has 24 heavy (non-hydrogen) atoms. The number of aliphatic imine (C=N–C) groups is 1. The molecule has 0 aliphatic carbocycles. The van der Waals surface area contributed by atoms with Crippen LogP contribution in [0.3, 0.4) is 0 Å². The predicted octanol–water partition coefficient (Wildman–Crippen LogP) is 3.09. The van der Waals surface area contributed by atoms with Gasteiger partial charge in [0.15, 0.2) is 5.82 Å². The Morgan fingerprint density at radius 1 is 1.21 bits per heavy atom. The lowest BCUT2D eigenvalue weighted by atomic mass is 10.0. The van der Waals surface area contributed by atoms with Crippen molar-refractivity contribution in [2.45, 2.75) is 6.54 Å². The van der Waals surface area contributed by atoms with Gasteiger partial charge >= 0.3 is 0 Å². The zero-order valence-corrected chi connectivity index (χ0v) is 14.4. The van der Waals surface area contributed by atoms with Gasteiger partial charge in [0, 0.05) is 16.1 Å². The van der Waals surface area contributed by atoms with Gasteiger partial charge < -0.3 is 5.73 Å². The highest BCUT2D eigenvalue weighted by Crippen LogP contribution is 2.36. The zero-order chi connectivity index (χ0) is 16.8. The van der Waals surface area contributed by atoms with E-state index in [2.05, 4.69) is 15.2 Å². The second kappa shape index (κ2) is 5.70. The largest absolute Gasteiger partial charge is 0.363 e. The molecule has 2 N–H and O–H groups in total. The Balaban J connectivity index is 2.00. The maximum Gasteiger partial charge on any atom is 0.287 e. The lowest BCUT2D eigenvalue weighted by molar-refractivity contribution is 0.0988. The first-order valence-corrected chi connectivity index (χ1v) is 8.47. The number of aromatic nitrogens is 3. The quantitative estimate of drug-likeness (QED) is 0.744. The van der Waals surface area contributed by atoms with Crippen molar-refractivity contribution < 1.29 is 4.79 Å². The van der Waals surface area contributed by atoms with Crippen molar-refractivity contribution in [1.82, 2.24) is 14.8 Å². The Bertz CT molecular complexity index is 1010. The van der Waals surface area contributed by atoms with Gasteiger partial charge in [0.2, 0.25) is 5.82 Å². The van der Waals surface area contributed by atoms with Crippen LogP contribution in [0.1, 0.15) is 27.6 Å². The van der Waals surface area contributed by atoms with Gasteiger partial charge in [-0.1, -0.05) is 41.4 Å². The monoisotopic (exact) mass is 377 g/mol.